The van der Waals surface area contributed by atoms with Crippen molar-refractivity contribution in [1.29, 1.82) is 0 Å². The highest BCUT2D eigenvalue weighted by atomic mass is 127. The van der Waals surface area contributed by atoms with Crippen LogP contribution in [0.15, 0.2) is 0 Å². The van der Waals surface area contributed by atoms with Gasteiger partial charge in [0.25, 0.3) is 5.67 Å². The molecule has 0 saturated carbocycles. The zero-order valence-electron chi connectivity index (χ0n) is 13.0. The predicted molar refractivity (Wildman–Crippen MR) is 80.0 cm³/mol. The number of aliphatic hydroxyl groups excluding tert-OH is 2. The van der Waals surface area contributed by atoms with Crippen LogP contribution in [-0.2, 0) is 14.3 Å². The second-order valence-corrected chi connectivity index (χ2v) is 6.22. The summed E-state index contributed by atoms with van der Waals surface area (Å²) >= 11 is 1.16. The summed E-state index contributed by atoms with van der Waals surface area (Å²) in [5.74, 6) is -0.875. The maximum absolute atomic E-state index is 13.2. The second kappa shape index (κ2) is 12.1. The summed E-state index contributed by atoms with van der Waals surface area (Å²) in [6, 6.07) is 0. The van der Waals surface area contributed by atoms with Gasteiger partial charge in [-0.1, -0.05) is 22.6 Å². The van der Waals surface area contributed by atoms with Crippen molar-refractivity contribution in [3.8, 4) is 0 Å². The highest BCUT2D eigenvalue weighted by Crippen LogP contribution is 2.49. The summed E-state index contributed by atoms with van der Waals surface area (Å²) in [5.41, 5.74) is -5.31. The summed E-state index contributed by atoms with van der Waals surface area (Å²) in [4.78, 5) is 10.3. The molecule has 152 valence electrons. The molecule has 0 radical (unpaired) electrons. The van der Waals surface area contributed by atoms with Crippen molar-refractivity contribution in [2.24, 2.45) is 0 Å². The molecule has 0 aliphatic heterocycles. The molecule has 0 saturated heterocycles. The van der Waals surface area contributed by atoms with Gasteiger partial charge in [0.15, 0.2) is 0 Å². The molecule has 0 aliphatic carbocycles. The molecule has 0 rings (SSSR count). The minimum atomic E-state index is -6.08. The molecular formula is C12H18F7IO5. The van der Waals surface area contributed by atoms with Crippen LogP contribution in [0.5, 0.6) is 0 Å². The first-order chi connectivity index (χ1) is 11.2. The Hall–Kier alpha value is -0.410. The Bertz CT molecular complexity index is 358. The third-order valence-electron chi connectivity index (χ3n) is 2.34. The van der Waals surface area contributed by atoms with Crippen LogP contribution >= 0.6 is 22.6 Å². The van der Waals surface area contributed by atoms with Gasteiger partial charge in [0.1, 0.15) is 6.61 Å². The van der Waals surface area contributed by atoms with E-state index in [0.717, 1.165) is 29.5 Å². The second-order valence-electron chi connectivity index (χ2n) is 4.46. The molecule has 25 heavy (non-hydrogen) atoms. The van der Waals surface area contributed by atoms with E-state index in [0.29, 0.717) is 13.2 Å². The maximum Gasteiger partial charge on any atom is 0.431 e. The van der Waals surface area contributed by atoms with E-state index in [2.05, 4.69) is 9.47 Å². The molecule has 0 fully saturated rings. The summed E-state index contributed by atoms with van der Waals surface area (Å²) in [5, 5.41) is 16.2. The number of carbonyl (C=O) groups excluding carboxylic acids is 1. The van der Waals surface area contributed by atoms with Gasteiger partial charge in [-0.2, -0.15) is 26.3 Å². The average Bonchev–Trinajstić information content (AvgIpc) is 2.44. The normalized spacial score (nSPS) is 13.7. The summed E-state index contributed by atoms with van der Waals surface area (Å²) in [7, 11) is 0. The van der Waals surface area contributed by atoms with E-state index in [-0.39, 0.29) is 13.2 Å². The highest BCUT2D eigenvalue weighted by Gasteiger charge is 2.72. The van der Waals surface area contributed by atoms with E-state index in [1.807, 2.05) is 0 Å². The monoisotopic (exact) mass is 502 g/mol. The molecule has 0 bridgehead atoms. The summed E-state index contributed by atoms with van der Waals surface area (Å²) in [6.45, 7) is 0.897. The zero-order valence-corrected chi connectivity index (χ0v) is 15.1. The lowest BCUT2D eigenvalue weighted by Gasteiger charge is -2.31. The van der Waals surface area contributed by atoms with Gasteiger partial charge >= 0.3 is 18.3 Å². The van der Waals surface area contributed by atoms with Crippen LogP contribution in [0.3, 0.4) is 0 Å². The molecular weight excluding hydrogens is 484 g/mol. The van der Waals surface area contributed by atoms with E-state index in [1.165, 1.54) is 0 Å². The molecule has 5 nitrogen and oxygen atoms in total. The number of carbonyl (C=O) groups is 1. The molecule has 0 spiro atoms. The standard InChI is InChI=1S/C8H8F7IO2.C4H10O3/c1-4(17)18-3-5(16)2-6(9,7(10,11)12)8(13,14)15;5-1-3-7-4-2-6/h5H,2-3H2,1H3;5-6H,1-4H2. The number of hydrogen-bond acceptors (Lipinski definition) is 5. The Kier molecular flexibility index (Phi) is 12.9. The van der Waals surface area contributed by atoms with Gasteiger partial charge in [0.2, 0.25) is 0 Å². The molecule has 0 aromatic heterocycles. The lowest BCUT2D eigenvalue weighted by Crippen LogP contribution is -2.54. The number of esters is 1. The van der Waals surface area contributed by atoms with E-state index in [9.17, 15) is 35.5 Å². The van der Waals surface area contributed by atoms with Crippen molar-refractivity contribution < 1.29 is 55.2 Å². The van der Waals surface area contributed by atoms with Crippen LogP contribution in [0.4, 0.5) is 30.7 Å². The molecule has 0 aromatic carbocycles. The van der Waals surface area contributed by atoms with E-state index in [1.54, 1.807) is 0 Å². The first-order valence-electron chi connectivity index (χ1n) is 6.62. The van der Waals surface area contributed by atoms with Crippen molar-refractivity contribution in [2.75, 3.05) is 33.0 Å². The topological polar surface area (TPSA) is 76.0 Å². The first-order valence-corrected chi connectivity index (χ1v) is 7.86. The maximum atomic E-state index is 13.2. The third-order valence-corrected chi connectivity index (χ3v) is 3.14. The largest absolute Gasteiger partial charge is 0.465 e. The number of alkyl halides is 8. The van der Waals surface area contributed by atoms with Gasteiger partial charge in [0.05, 0.1) is 26.4 Å². The first kappa shape index (κ1) is 26.8. The molecule has 0 heterocycles. The van der Waals surface area contributed by atoms with E-state index >= 15 is 0 Å². The SMILES string of the molecule is CC(=O)OCC(I)CC(F)(C(F)(F)F)C(F)(F)F.OCCOCCO. The van der Waals surface area contributed by atoms with Gasteiger partial charge in [-0.3, -0.25) is 4.79 Å². The van der Waals surface area contributed by atoms with Crippen molar-refractivity contribution in [1.82, 2.24) is 0 Å². The highest BCUT2D eigenvalue weighted by molar-refractivity contribution is 14.1. The fraction of sp³-hybridized carbons (Fsp3) is 0.917. The Balaban J connectivity index is 0. The quantitative estimate of drug-likeness (QED) is 0.176. The predicted octanol–water partition coefficient (Wildman–Crippen LogP) is 2.56. The van der Waals surface area contributed by atoms with E-state index in [4.69, 9.17) is 10.2 Å². The minimum Gasteiger partial charge on any atom is -0.465 e. The number of ether oxygens (including phenoxy) is 2. The van der Waals surface area contributed by atoms with Gasteiger partial charge in [0, 0.05) is 17.3 Å². The van der Waals surface area contributed by atoms with Crippen molar-refractivity contribution in [2.45, 2.75) is 35.3 Å². The van der Waals surface area contributed by atoms with Crippen LogP contribution in [-0.4, -0.2) is 71.2 Å². The lowest BCUT2D eigenvalue weighted by molar-refractivity contribution is -0.343. The Morgan fingerprint density at radius 2 is 1.40 bits per heavy atom. The molecule has 1 atom stereocenters. The van der Waals surface area contributed by atoms with Gasteiger partial charge in [-0.15, -0.1) is 0 Å². The van der Waals surface area contributed by atoms with Crippen LogP contribution in [0.25, 0.3) is 0 Å². The van der Waals surface area contributed by atoms with Crippen LogP contribution in [0, 0.1) is 0 Å². The van der Waals surface area contributed by atoms with Crippen LogP contribution < -0.4 is 0 Å². The molecule has 0 aliphatic rings. The van der Waals surface area contributed by atoms with Crippen molar-refractivity contribution in [3.05, 3.63) is 0 Å². The van der Waals surface area contributed by atoms with Crippen molar-refractivity contribution in [3.63, 3.8) is 0 Å². The van der Waals surface area contributed by atoms with Crippen LogP contribution in [0.1, 0.15) is 13.3 Å². The third kappa shape index (κ3) is 11.0. The molecule has 1 unspecified atom stereocenters. The number of halogens is 8. The number of rotatable bonds is 8. The number of hydrogen-bond donors (Lipinski definition) is 2. The smallest absolute Gasteiger partial charge is 0.431 e. The average molecular weight is 502 g/mol. The zero-order chi connectivity index (χ0) is 20.3. The summed E-state index contributed by atoms with van der Waals surface area (Å²) in [6.07, 6.45) is -14.0. The molecule has 2 N–H and O–H groups in total. The minimum absolute atomic E-state index is 0.0278. The summed E-state index contributed by atoms with van der Waals surface area (Å²) < 4.78 is 93.5. The molecule has 0 amide bonds. The van der Waals surface area contributed by atoms with Gasteiger partial charge < -0.3 is 19.7 Å². The number of aliphatic hydroxyl groups is 2. The van der Waals surface area contributed by atoms with Gasteiger partial charge in [-0.05, 0) is 0 Å². The van der Waals surface area contributed by atoms with E-state index < -0.39 is 40.9 Å². The fourth-order valence-electron chi connectivity index (χ4n) is 1.20. The van der Waals surface area contributed by atoms with Gasteiger partial charge in [-0.25, -0.2) is 4.39 Å². The van der Waals surface area contributed by atoms with Crippen LogP contribution in [0.2, 0.25) is 0 Å². The molecule has 13 heteroatoms. The Morgan fingerprint density at radius 1 is 1.00 bits per heavy atom. The lowest BCUT2D eigenvalue weighted by atomic mass is 9.98. The fourth-order valence-corrected chi connectivity index (χ4v) is 1.98. The Morgan fingerprint density at radius 3 is 1.68 bits per heavy atom. The molecule has 0 aromatic rings. The van der Waals surface area contributed by atoms with Crippen molar-refractivity contribution >= 4 is 28.6 Å². The Labute approximate surface area is 152 Å².